The molecule has 0 saturated carbocycles. The van der Waals surface area contributed by atoms with Gasteiger partial charge in [-0.15, -0.1) is 0 Å². The van der Waals surface area contributed by atoms with Gasteiger partial charge in [-0.05, 0) is 62.4 Å². The van der Waals surface area contributed by atoms with E-state index in [1.165, 1.54) is 30.3 Å². The molecule has 0 aliphatic heterocycles. The van der Waals surface area contributed by atoms with Crippen LogP contribution in [0.2, 0.25) is 0 Å². The van der Waals surface area contributed by atoms with Crippen molar-refractivity contribution in [2.75, 3.05) is 6.54 Å². The first-order chi connectivity index (χ1) is 16.0. The zero-order chi connectivity index (χ0) is 23.4. The SMILES string of the molecule is CCN(C(=O)c1cc(F)ccc1-c1ncccn1)[C@@H](C)Cc1noc(-c2ccc(F)cc2)n1. The van der Waals surface area contributed by atoms with Gasteiger partial charge >= 0.3 is 0 Å². The summed E-state index contributed by atoms with van der Waals surface area (Å²) in [5.74, 6) is -0.231. The van der Waals surface area contributed by atoms with Crippen molar-refractivity contribution in [3.63, 3.8) is 0 Å². The molecule has 0 aliphatic rings. The maximum Gasteiger partial charge on any atom is 0.257 e. The summed E-state index contributed by atoms with van der Waals surface area (Å²) in [6.45, 7) is 4.08. The maximum atomic E-state index is 14.1. The number of halogens is 2. The lowest BCUT2D eigenvalue weighted by Crippen LogP contribution is -2.40. The van der Waals surface area contributed by atoms with Crippen molar-refractivity contribution in [1.82, 2.24) is 25.0 Å². The Morgan fingerprint density at radius 3 is 2.45 bits per heavy atom. The zero-order valence-corrected chi connectivity index (χ0v) is 18.1. The average Bonchev–Trinajstić information content (AvgIpc) is 3.28. The van der Waals surface area contributed by atoms with E-state index < -0.39 is 5.82 Å². The first-order valence-electron chi connectivity index (χ1n) is 10.4. The van der Waals surface area contributed by atoms with Gasteiger partial charge in [0.05, 0.1) is 5.56 Å². The fourth-order valence-electron chi connectivity index (χ4n) is 3.56. The van der Waals surface area contributed by atoms with Gasteiger partial charge in [0.15, 0.2) is 11.6 Å². The number of benzene rings is 2. The van der Waals surface area contributed by atoms with Gasteiger partial charge in [-0.3, -0.25) is 4.79 Å². The molecule has 0 fully saturated rings. The minimum Gasteiger partial charge on any atom is -0.336 e. The van der Waals surface area contributed by atoms with Gasteiger partial charge in [0, 0.05) is 42.5 Å². The van der Waals surface area contributed by atoms with Gasteiger partial charge in [0.2, 0.25) is 0 Å². The number of hydrogen-bond donors (Lipinski definition) is 0. The van der Waals surface area contributed by atoms with E-state index in [9.17, 15) is 13.6 Å². The first-order valence-corrected chi connectivity index (χ1v) is 10.4. The summed E-state index contributed by atoms with van der Waals surface area (Å²) < 4.78 is 32.5. The van der Waals surface area contributed by atoms with Crippen LogP contribution in [0.25, 0.3) is 22.8 Å². The zero-order valence-electron chi connectivity index (χ0n) is 18.1. The lowest BCUT2D eigenvalue weighted by Gasteiger charge is -2.28. The van der Waals surface area contributed by atoms with Crippen LogP contribution in [0.1, 0.15) is 30.0 Å². The normalized spacial score (nSPS) is 11.9. The number of nitrogens with zero attached hydrogens (tertiary/aromatic N) is 5. The fraction of sp³-hybridized carbons (Fsp3) is 0.208. The molecular formula is C24H21F2N5O2. The molecule has 0 bridgehead atoms. The van der Waals surface area contributed by atoms with Crippen LogP contribution >= 0.6 is 0 Å². The summed E-state index contributed by atoms with van der Waals surface area (Å²) in [7, 11) is 0. The highest BCUT2D eigenvalue weighted by Gasteiger charge is 2.25. The molecule has 4 rings (SSSR count). The van der Waals surface area contributed by atoms with E-state index in [1.807, 2.05) is 13.8 Å². The highest BCUT2D eigenvalue weighted by Crippen LogP contribution is 2.24. The van der Waals surface area contributed by atoms with Crippen LogP contribution in [0, 0.1) is 11.6 Å². The molecule has 0 saturated heterocycles. The summed E-state index contributed by atoms with van der Waals surface area (Å²) in [5, 5.41) is 3.99. The monoisotopic (exact) mass is 449 g/mol. The summed E-state index contributed by atoms with van der Waals surface area (Å²) in [4.78, 5) is 27.8. The van der Waals surface area contributed by atoms with Crippen LogP contribution in [0.5, 0.6) is 0 Å². The van der Waals surface area contributed by atoms with E-state index in [-0.39, 0.29) is 29.2 Å². The van der Waals surface area contributed by atoms with Crippen molar-refractivity contribution in [2.45, 2.75) is 26.3 Å². The topological polar surface area (TPSA) is 85.0 Å². The van der Waals surface area contributed by atoms with E-state index >= 15 is 0 Å². The second kappa shape index (κ2) is 9.64. The molecule has 1 atom stereocenters. The molecule has 2 heterocycles. The largest absolute Gasteiger partial charge is 0.336 e. The molecule has 0 radical (unpaired) electrons. The van der Waals surface area contributed by atoms with Crippen molar-refractivity contribution in [3.8, 4) is 22.8 Å². The fourth-order valence-corrected chi connectivity index (χ4v) is 3.56. The first kappa shape index (κ1) is 22.2. The standard InChI is InChI=1S/C24H21F2N5O2/c1-3-31(15(2)13-21-29-23(33-30-21)16-5-7-17(25)8-6-16)24(32)20-14-18(26)9-10-19(20)22-27-11-4-12-28-22/h4-12,14-15H,3,13H2,1-2H3/t15-/m0/s1. The number of carbonyl (C=O) groups excluding carboxylic acids is 1. The van der Waals surface area contributed by atoms with E-state index in [4.69, 9.17) is 4.52 Å². The molecule has 1 amide bonds. The predicted octanol–water partition coefficient (Wildman–Crippen LogP) is 4.57. The van der Waals surface area contributed by atoms with Gasteiger partial charge in [-0.2, -0.15) is 4.98 Å². The quantitative estimate of drug-likeness (QED) is 0.411. The van der Waals surface area contributed by atoms with Crippen molar-refractivity contribution in [1.29, 1.82) is 0 Å². The molecular weight excluding hydrogens is 428 g/mol. The third-order valence-corrected chi connectivity index (χ3v) is 5.19. The van der Waals surface area contributed by atoms with Gasteiger partial charge in [0.25, 0.3) is 11.8 Å². The smallest absolute Gasteiger partial charge is 0.257 e. The predicted molar refractivity (Wildman–Crippen MR) is 117 cm³/mol. The second-order valence-electron chi connectivity index (χ2n) is 7.43. The molecule has 2 aromatic heterocycles. The Morgan fingerprint density at radius 2 is 1.76 bits per heavy atom. The number of hydrogen-bond acceptors (Lipinski definition) is 6. The lowest BCUT2D eigenvalue weighted by molar-refractivity contribution is 0.0701. The highest BCUT2D eigenvalue weighted by atomic mass is 19.1. The van der Waals surface area contributed by atoms with Crippen molar-refractivity contribution in [3.05, 3.63) is 83.9 Å². The van der Waals surface area contributed by atoms with Gasteiger partial charge in [-0.1, -0.05) is 5.16 Å². The third-order valence-electron chi connectivity index (χ3n) is 5.19. The number of amides is 1. The second-order valence-corrected chi connectivity index (χ2v) is 7.43. The molecule has 9 heteroatoms. The third kappa shape index (κ3) is 4.92. The van der Waals surface area contributed by atoms with Gasteiger partial charge in [-0.25, -0.2) is 18.7 Å². The average molecular weight is 449 g/mol. The molecule has 0 N–H and O–H groups in total. The molecule has 2 aromatic carbocycles. The summed E-state index contributed by atoms with van der Waals surface area (Å²) in [5.41, 5.74) is 1.22. The van der Waals surface area contributed by atoms with Crippen LogP contribution in [-0.2, 0) is 6.42 Å². The Morgan fingerprint density at radius 1 is 1.06 bits per heavy atom. The summed E-state index contributed by atoms with van der Waals surface area (Å²) >= 11 is 0. The van der Waals surface area contributed by atoms with Gasteiger partial charge in [0.1, 0.15) is 11.6 Å². The van der Waals surface area contributed by atoms with Crippen LogP contribution in [0.15, 0.2) is 65.4 Å². The van der Waals surface area contributed by atoms with Crippen LogP contribution < -0.4 is 0 Å². The van der Waals surface area contributed by atoms with E-state index in [1.54, 1.807) is 35.5 Å². The lowest BCUT2D eigenvalue weighted by atomic mass is 10.0. The number of rotatable bonds is 7. The van der Waals surface area contributed by atoms with Crippen molar-refractivity contribution >= 4 is 5.91 Å². The number of likely N-dealkylation sites (N-methyl/N-ethyl adjacent to an activating group) is 1. The highest BCUT2D eigenvalue weighted by molar-refractivity contribution is 6.00. The van der Waals surface area contributed by atoms with Crippen molar-refractivity contribution < 1.29 is 18.1 Å². The molecule has 0 unspecified atom stereocenters. The van der Waals surface area contributed by atoms with E-state index in [2.05, 4.69) is 20.1 Å². The maximum absolute atomic E-state index is 14.1. The Bertz CT molecular complexity index is 1250. The Labute approximate surface area is 189 Å². The Hall–Kier alpha value is -4.01. The van der Waals surface area contributed by atoms with Gasteiger partial charge < -0.3 is 9.42 Å². The van der Waals surface area contributed by atoms with Crippen LogP contribution in [0.3, 0.4) is 0 Å². The van der Waals surface area contributed by atoms with E-state index in [0.717, 1.165) is 0 Å². The van der Waals surface area contributed by atoms with Crippen molar-refractivity contribution in [2.24, 2.45) is 0 Å². The Kier molecular flexibility index (Phi) is 6.48. The van der Waals surface area contributed by atoms with E-state index in [0.29, 0.717) is 35.7 Å². The molecule has 168 valence electrons. The van der Waals surface area contributed by atoms with Crippen LogP contribution in [-0.4, -0.2) is 43.5 Å². The minimum atomic E-state index is -0.524. The molecule has 0 aliphatic carbocycles. The summed E-state index contributed by atoms with van der Waals surface area (Å²) in [6.07, 6.45) is 3.45. The molecule has 33 heavy (non-hydrogen) atoms. The molecule has 7 nitrogen and oxygen atoms in total. The number of carbonyl (C=O) groups is 1. The van der Waals surface area contributed by atoms with Crippen LogP contribution in [0.4, 0.5) is 8.78 Å². The summed E-state index contributed by atoms with van der Waals surface area (Å²) in [6, 6.07) is 11.1. The molecule has 0 spiro atoms. The Balaban J connectivity index is 1.56. The number of aromatic nitrogens is 4. The minimum absolute atomic E-state index is 0.176. The molecule has 4 aromatic rings.